The van der Waals surface area contributed by atoms with Crippen LogP contribution in [0.1, 0.15) is 30.0 Å². The third-order valence-electron chi connectivity index (χ3n) is 8.87. The van der Waals surface area contributed by atoms with Crippen molar-refractivity contribution in [3.63, 3.8) is 0 Å². The van der Waals surface area contributed by atoms with Gasteiger partial charge in [-0.2, -0.15) is 0 Å². The van der Waals surface area contributed by atoms with Crippen LogP contribution in [0, 0.1) is 5.92 Å². The SMILES string of the molecule is C[C@@H](/C=C/CC(=O)N(CCO)Cc1ccccc1)[C@]1(O)C(=O)N(Cc2cccc(NC(=O)[C@H]3O[C@@H](O)[C@H](O)[C@@H](O)[C@@H]3O)c2)c2ccccc21. The summed E-state index contributed by atoms with van der Waals surface area (Å²) in [4.78, 5) is 42.8. The maximum Gasteiger partial charge on any atom is 0.264 e. The van der Waals surface area contributed by atoms with E-state index in [1.54, 1.807) is 72.5 Å². The van der Waals surface area contributed by atoms with Crippen molar-refractivity contribution in [2.45, 2.75) is 62.7 Å². The van der Waals surface area contributed by atoms with E-state index in [4.69, 9.17) is 4.74 Å². The maximum absolute atomic E-state index is 14.0. The number of benzene rings is 3. The Bertz CT molecular complexity index is 1670. The monoisotopic (exact) mass is 675 g/mol. The average molecular weight is 676 g/mol. The predicted molar refractivity (Wildman–Crippen MR) is 177 cm³/mol. The summed E-state index contributed by atoms with van der Waals surface area (Å²) in [5, 5.41) is 63.7. The summed E-state index contributed by atoms with van der Waals surface area (Å²) in [6.07, 6.45) is -5.64. The highest BCUT2D eigenvalue weighted by Gasteiger charge is 2.52. The van der Waals surface area contributed by atoms with E-state index in [2.05, 4.69) is 5.32 Å². The molecule has 1 saturated heterocycles. The van der Waals surface area contributed by atoms with Crippen LogP contribution < -0.4 is 10.2 Å². The van der Waals surface area contributed by atoms with Crippen LogP contribution in [0.5, 0.6) is 0 Å². The number of aliphatic hydroxyl groups is 6. The first kappa shape index (κ1) is 35.8. The Kier molecular flexibility index (Phi) is 11.3. The van der Waals surface area contributed by atoms with E-state index < -0.39 is 54.0 Å². The fourth-order valence-electron chi connectivity index (χ4n) is 6.14. The maximum atomic E-state index is 14.0. The highest BCUT2D eigenvalue weighted by molar-refractivity contribution is 6.07. The number of carbonyl (C=O) groups is 3. The molecule has 7 atom stereocenters. The van der Waals surface area contributed by atoms with Crippen LogP contribution in [0.25, 0.3) is 0 Å². The second kappa shape index (κ2) is 15.4. The minimum absolute atomic E-state index is 0.00669. The van der Waals surface area contributed by atoms with Crippen LogP contribution in [0.2, 0.25) is 0 Å². The van der Waals surface area contributed by atoms with Crippen molar-refractivity contribution in [2.75, 3.05) is 23.4 Å². The number of nitrogens with one attached hydrogen (secondary N) is 1. The van der Waals surface area contributed by atoms with Crippen LogP contribution in [-0.2, 0) is 37.8 Å². The van der Waals surface area contributed by atoms with Crippen molar-refractivity contribution in [2.24, 2.45) is 5.92 Å². The van der Waals surface area contributed by atoms with Crippen molar-refractivity contribution in [3.05, 3.63) is 108 Å². The molecule has 2 heterocycles. The Morgan fingerprint density at radius 2 is 1.65 bits per heavy atom. The number of para-hydroxylation sites is 1. The molecule has 0 unspecified atom stereocenters. The second-order valence-electron chi connectivity index (χ2n) is 12.2. The molecule has 0 spiro atoms. The van der Waals surface area contributed by atoms with Crippen LogP contribution in [0.15, 0.2) is 91.0 Å². The molecular formula is C36H41N3O10. The lowest BCUT2D eigenvalue weighted by Gasteiger charge is -2.37. The van der Waals surface area contributed by atoms with Crippen molar-refractivity contribution >= 4 is 29.1 Å². The van der Waals surface area contributed by atoms with Gasteiger partial charge >= 0.3 is 0 Å². The van der Waals surface area contributed by atoms with Crippen molar-refractivity contribution in [3.8, 4) is 0 Å². The van der Waals surface area contributed by atoms with Crippen LogP contribution in [0.4, 0.5) is 11.4 Å². The van der Waals surface area contributed by atoms with E-state index in [0.717, 1.165) is 5.56 Å². The van der Waals surface area contributed by atoms with Gasteiger partial charge in [0.05, 0.1) is 18.8 Å². The van der Waals surface area contributed by atoms with E-state index >= 15 is 0 Å². The highest BCUT2D eigenvalue weighted by atomic mass is 16.6. The molecule has 0 bridgehead atoms. The van der Waals surface area contributed by atoms with Gasteiger partial charge in [-0.25, -0.2) is 0 Å². The lowest BCUT2D eigenvalue weighted by atomic mass is 9.83. The molecule has 0 saturated carbocycles. The summed E-state index contributed by atoms with van der Waals surface area (Å²) >= 11 is 0. The third kappa shape index (κ3) is 7.58. The van der Waals surface area contributed by atoms with Gasteiger partial charge in [-0.15, -0.1) is 0 Å². The van der Waals surface area contributed by atoms with Gasteiger partial charge in [0.15, 0.2) is 18.0 Å². The van der Waals surface area contributed by atoms with Gasteiger partial charge < -0.3 is 50.5 Å². The minimum atomic E-state index is -1.93. The molecule has 0 aromatic heterocycles. The molecular weight excluding hydrogens is 634 g/mol. The minimum Gasteiger partial charge on any atom is -0.395 e. The normalized spacial score (nSPS) is 25.7. The van der Waals surface area contributed by atoms with Crippen molar-refractivity contribution in [1.29, 1.82) is 0 Å². The van der Waals surface area contributed by atoms with E-state index in [-0.39, 0.29) is 37.7 Å². The zero-order chi connectivity index (χ0) is 35.3. The third-order valence-corrected chi connectivity index (χ3v) is 8.87. The molecule has 0 radical (unpaired) electrons. The van der Waals surface area contributed by atoms with Crippen molar-refractivity contribution < 1.29 is 49.8 Å². The molecule has 7 N–H and O–H groups in total. The number of fused-ring (bicyclic) bond motifs is 1. The predicted octanol–water partition coefficient (Wildman–Crippen LogP) is 0.763. The number of hydrogen-bond acceptors (Lipinski definition) is 10. The van der Waals surface area contributed by atoms with Crippen LogP contribution >= 0.6 is 0 Å². The number of ether oxygens (including phenoxy) is 1. The van der Waals surface area contributed by atoms with Crippen LogP contribution in [-0.4, -0.2) is 97.1 Å². The quantitative estimate of drug-likeness (QED) is 0.135. The zero-order valence-corrected chi connectivity index (χ0v) is 26.9. The first-order valence-electron chi connectivity index (χ1n) is 16.0. The average Bonchev–Trinajstić information content (AvgIpc) is 3.31. The van der Waals surface area contributed by atoms with Gasteiger partial charge in [0, 0.05) is 36.7 Å². The summed E-state index contributed by atoms with van der Waals surface area (Å²) in [5.74, 6) is -2.38. The zero-order valence-electron chi connectivity index (χ0n) is 26.9. The Balaban J connectivity index is 1.28. The first-order chi connectivity index (χ1) is 23.4. The van der Waals surface area contributed by atoms with E-state index in [1.165, 1.54) is 4.90 Å². The number of amides is 3. The topological polar surface area (TPSA) is 200 Å². The molecule has 1 fully saturated rings. The molecule has 2 aliphatic rings. The van der Waals surface area contributed by atoms with Gasteiger partial charge in [-0.1, -0.05) is 79.7 Å². The molecule has 13 heteroatoms. The molecule has 3 aromatic carbocycles. The highest BCUT2D eigenvalue weighted by Crippen LogP contribution is 2.45. The first-order valence-corrected chi connectivity index (χ1v) is 16.0. The summed E-state index contributed by atoms with van der Waals surface area (Å²) < 4.78 is 5.01. The Morgan fingerprint density at radius 3 is 2.39 bits per heavy atom. The number of hydrogen-bond donors (Lipinski definition) is 7. The smallest absolute Gasteiger partial charge is 0.264 e. The largest absolute Gasteiger partial charge is 0.395 e. The standard InChI is InChI=1S/C36H41N3O10/c1-22(9-7-16-28(41)38(17-18-40)20-23-10-3-2-4-11-23)36(48)26-14-5-6-15-27(26)39(35(36)47)21-24-12-8-13-25(19-24)37-33(45)32-30(43)29(42)31(44)34(46)49-32/h2-15,19,22,29-32,34,40,42-44,46,48H,16-18,20-21H2,1H3,(H,37,45)/b9-7+/t22-,29-,30-,31+,32-,34+,36+/m0/s1. The van der Waals surface area contributed by atoms with Crippen LogP contribution in [0.3, 0.4) is 0 Å². The number of carbonyl (C=O) groups excluding carboxylic acids is 3. The summed E-state index contributed by atoms with van der Waals surface area (Å²) in [6, 6.07) is 22.8. The Labute approximate surface area is 283 Å². The number of rotatable bonds is 12. The number of anilines is 2. The molecule has 0 aliphatic carbocycles. The fraction of sp³-hybridized carbons (Fsp3) is 0.361. The van der Waals surface area contributed by atoms with Crippen molar-refractivity contribution in [1.82, 2.24) is 4.90 Å². The van der Waals surface area contributed by atoms with E-state index in [0.29, 0.717) is 23.4 Å². The van der Waals surface area contributed by atoms with Gasteiger partial charge in [0.25, 0.3) is 11.8 Å². The van der Waals surface area contributed by atoms with E-state index in [9.17, 15) is 45.0 Å². The molecule has 13 nitrogen and oxygen atoms in total. The van der Waals surface area contributed by atoms with Gasteiger partial charge in [-0.05, 0) is 29.3 Å². The molecule has 2 aliphatic heterocycles. The lowest BCUT2D eigenvalue weighted by Crippen LogP contribution is -2.60. The number of nitrogens with zero attached hydrogens (tertiary/aromatic N) is 2. The Hall–Kier alpha value is -4.47. The summed E-state index contributed by atoms with van der Waals surface area (Å²) in [6.45, 7) is 2.04. The van der Waals surface area contributed by atoms with Gasteiger partial charge in [0.2, 0.25) is 5.91 Å². The molecule has 5 rings (SSSR count). The second-order valence-corrected chi connectivity index (χ2v) is 12.2. The Morgan fingerprint density at radius 1 is 0.959 bits per heavy atom. The molecule has 49 heavy (non-hydrogen) atoms. The molecule has 3 amide bonds. The molecule has 3 aromatic rings. The molecule has 260 valence electrons. The summed E-state index contributed by atoms with van der Waals surface area (Å²) in [7, 11) is 0. The fourth-order valence-corrected chi connectivity index (χ4v) is 6.14. The van der Waals surface area contributed by atoms with E-state index in [1.807, 2.05) is 30.3 Å². The summed E-state index contributed by atoms with van der Waals surface area (Å²) in [5.41, 5.74) is 0.751. The van der Waals surface area contributed by atoms with Gasteiger partial charge in [0.1, 0.15) is 18.3 Å². The lowest BCUT2D eigenvalue weighted by molar-refractivity contribution is -0.274. The number of aliphatic hydroxyl groups excluding tert-OH is 5. The van der Waals surface area contributed by atoms with Gasteiger partial charge in [-0.3, -0.25) is 14.4 Å².